The topological polar surface area (TPSA) is 17.1 Å². The fourth-order valence-corrected chi connectivity index (χ4v) is 1.19. The SMILES string of the molecule is CC(=O)c1cc(C(C)(C)F)cc(F)c1F. The molecule has 0 aromatic heterocycles. The number of hydrogen-bond acceptors (Lipinski definition) is 1. The van der Waals surface area contributed by atoms with Crippen LogP contribution in [0.4, 0.5) is 13.2 Å². The molecular formula is C11H11F3O. The van der Waals surface area contributed by atoms with Crippen LogP contribution in [0.3, 0.4) is 0 Å². The average Bonchev–Trinajstić information content (AvgIpc) is 2.06. The molecule has 1 nitrogen and oxygen atoms in total. The molecule has 0 atom stereocenters. The van der Waals surface area contributed by atoms with Gasteiger partial charge in [0.2, 0.25) is 0 Å². The van der Waals surface area contributed by atoms with E-state index in [1.807, 2.05) is 0 Å². The lowest BCUT2D eigenvalue weighted by molar-refractivity contribution is 0.101. The Labute approximate surface area is 85.9 Å². The molecule has 0 radical (unpaired) electrons. The van der Waals surface area contributed by atoms with Crippen LogP contribution in [-0.2, 0) is 5.67 Å². The summed E-state index contributed by atoms with van der Waals surface area (Å²) in [6.45, 7) is 3.53. The van der Waals surface area contributed by atoms with Crippen molar-refractivity contribution < 1.29 is 18.0 Å². The molecule has 82 valence electrons. The summed E-state index contributed by atoms with van der Waals surface area (Å²) in [6, 6.07) is 1.81. The third-order valence-corrected chi connectivity index (χ3v) is 2.09. The molecule has 0 saturated heterocycles. The number of ketones is 1. The summed E-state index contributed by atoms with van der Waals surface area (Å²) in [5, 5.41) is 0. The largest absolute Gasteiger partial charge is 0.294 e. The zero-order valence-electron chi connectivity index (χ0n) is 8.70. The van der Waals surface area contributed by atoms with E-state index >= 15 is 0 Å². The van der Waals surface area contributed by atoms with E-state index in [0.29, 0.717) is 0 Å². The first-order chi connectivity index (χ1) is 6.73. The van der Waals surface area contributed by atoms with Gasteiger partial charge in [0, 0.05) is 0 Å². The highest BCUT2D eigenvalue weighted by Crippen LogP contribution is 2.27. The van der Waals surface area contributed by atoms with E-state index in [9.17, 15) is 18.0 Å². The van der Waals surface area contributed by atoms with Crippen molar-refractivity contribution in [1.29, 1.82) is 0 Å². The summed E-state index contributed by atoms with van der Waals surface area (Å²) in [6.07, 6.45) is 0. The van der Waals surface area contributed by atoms with E-state index in [-0.39, 0.29) is 5.56 Å². The van der Waals surface area contributed by atoms with Gasteiger partial charge >= 0.3 is 0 Å². The van der Waals surface area contributed by atoms with Crippen molar-refractivity contribution in [3.05, 3.63) is 34.9 Å². The van der Waals surface area contributed by atoms with Crippen LogP contribution in [-0.4, -0.2) is 5.78 Å². The Morgan fingerprint density at radius 3 is 2.20 bits per heavy atom. The zero-order chi connectivity index (χ0) is 11.8. The van der Waals surface area contributed by atoms with Crippen LogP contribution in [0.1, 0.15) is 36.7 Å². The molecule has 0 bridgehead atoms. The van der Waals surface area contributed by atoms with Crippen molar-refractivity contribution in [2.24, 2.45) is 0 Å². The molecule has 0 aliphatic rings. The lowest BCUT2D eigenvalue weighted by Gasteiger charge is -2.15. The molecule has 0 unspecified atom stereocenters. The van der Waals surface area contributed by atoms with E-state index in [2.05, 4.69) is 0 Å². The van der Waals surface area contributed by atoms with Crippen molar-refractivity contribution in [2.75, 3.05) is 0 Å². The summed E-state index contributed by atoms with van der Waals surface area (Å²) >= 11 is 0. The van der Waals surface area contributed by atoms with Gasteiger partial charge in [-0.2, -0.15) is 0 Å². The second-order valence-corrected chi connectivity index (χ2v) is 3.85. The Morgan fingerprint density at radius 1 is 1.27 bits per heavy atom. The summed E-state index contributed by atoms with van der Waals surface area (Å²) in [5.41, 5.74) is -2.28. The predicted molar refractivity (Wildman–Crippen MR) is 50.5 cm³/mol. The molecule has 15 heavy (non-hydrogen) atoms. The molecule has 0 spiro atoms. The summed E-state index contributed by atoms with van der Waals surface area (Å²) in [5.74, 6) is -3.06. The number of hydrogen-bond donors (Lipinski definition) is 0. The number of halogens is 3. The number of alkyl halides is 1. The quantitative estimate of drug-likeness (QED) is 0.692. The summed E-state index contributed by atoms with van der Waals surface area (Å²) in [4.78, 5) is 11.0. The van der Waals surface area contributed by atoms with Gasteiger partial charge in [0.25, 0.3) is 0 Å². The maximum absolute atomic E-state index is 13.5. The molecule has 0 heterocycles. The van der Waals surface area contributed by atoms with Gasteiger partial charge in [-0.1, -0.05) is 0 Å². The lowest BCUT2D eigenvalue weighted by atomic mass is 9.96. The van der Waals surface area contributed by atoms with Gasteiger partial charge in [-0.25, -0.2) is 13.2 Å². The second kappa shape index (κ2) is 3.68. The highest BCUT2D eigenvalue weighted by molar-refractivity contribution is 5.94. The number of rotatable bonds is 2. The van der Waals surface area contributed by atoms with Crippen LogP contribution < -0.4 is 0 Å². The van der Waals surface area contributed by atoms with Crippen LogP contribution >= 0.6 is 0 Å². The maximum atomic E-state index is 13.5. The third kappa shape index (κ3) is 2.37. The van der Waals surface area contributed by atoms with Crippen LogP contribution in [0.2, 0.25) is 0 Å². The van der Waals surface area contributed by atoms with Gasteiger partial charge in [-0.3, -0.25) is 4.79 Å². The van der Waals surface area contributed by atoms with Crippen LogP contribution in [0.15, 0.2) is 12.1 Å². The van der Waals surface area contributed by atoms with E-state index < -0.39 is 28.6 Å². The molecule has 1 aromatic carbocycles. The summed E-state index contributed by atoms with van der Waals surface area (Å²) < 4.78 is 39.6. The Bertz CT molecular complexity index is 405. The zero-order valence-corrected chi connectivity index (χ0v) is 8.70. The first-order valence-corrected chi connectivity index (χ1v) is 4.43. The first-order valence-electron chi connectivity index (χ1n) is 4.43. The Morgan fingerprint density at radius 2 is 1.80 bits per heavy atom. The normalized spacial score (nSPS) is 11.6. The van der Waals surface area contributed by atoms with Crippen LogP contribution in [0, 0.1) is 11.6 Å². The molecule has 0 N–H and O–H groups in total. The molecule has 0 aliphatic heterocycles. The minimum atomic E-state index is -1.81. The highest BCUT2D eigenvalue weighted by atomic mass is 19.2. The molecule has 0 fully saturated rings. The van der Waals surface area contributed by atoms with Gasteiger partial charge < -0.3 is 0 Å². The van der Waals surface area contributed by atoms with E-state index in [1.165, 1.54) is 13.8 Å². The van der Waals surface area contributed by atoms with Crippen molar-refractivity contribution >= 4 is 5.78 Å². The fraction of sp³-hybridized carbons (Fsp3) is 0.364. The minimum absolute atomic E-state index is 0.0494. The monoisotopic (exact) mass is 216 g/mol. The first kappa shape index (κ1) is 11.8. The highest BCUT2D eigenvalue weighted by Gasteiger charge is 2.23. The van der Waals surface area contributed by atoms with Gasteiger partial charge in [0.15, 0.2) is 17.4 Å². The van der Waals surface area contributed by atoms with Gasteiger partial charge in [0.1, 0.15) is 5.67 Å². The van der Waals surface area contributed by atoms with E-state index in [4.69, 9.17) is 0 Å². The average molecular weight is 216 g/mol. The minimum Gasteiger partial charge on any atom is -0.294 e. The van der Waals surface area contributed by atoms with Gasteiger partial charge in [-0.05, 0) is 38.5 Å². The Hall–Kier alpha value is -1.32. The molecule has 1 aromatic rings. The van der Waals surface area contributed by atoms with E-state index in [1.54, 1.807) is 0 Å². The molecule has 0 aliphatic carbocycles. The predicted octanol–water partition coefficient (Wildman–Crippen LogP) is 3.37. The van der Waals surface area contributed by atoms with Gasteiger partial charge in [0.05, 0.1) is 5.56 Å². The van der Waals surface area contributed by atoms with Crippen molar-refractivity contribution in [2.45, 2.75) is 26.4 Å². The summed E-state index contributed by atoms with van der Waals surface area (Å²) in [7, 11) is 0. The number of carbonyl (C=O) groups excluding carboxylic acids is 1. The number of benzene rings is 1. The Balaban J connectivity index is 3.43. The molecule has 0 amide bonds. The standard InChI is InChI=1S/C11H11F3O/c1-6(15)8-4-7(11(2,3)14)5-9(12)10(8)13/h4-5H,1-3H3. The van der Waals surface area contributed by atoms with Gasteiger partial charge in [-0.15, -0.1) is 0 Å². The number of Topliss-reactive ketones (excluding diaryl/α,β-unsaturated/α-hetero) is 1. The second-order valence-electron chi connectivity index (χ2n) is 3.85. The Kier molecular flexibility index (Phi) is 2.88. The van der Waals surface area contributed by atoms with Crippen molar-refractivity contribution in [3.8, 4) is 0 Å². The molecule has 0 saturated carbocycles. The molecular weight excluding hydrogens is 205 g/mol. The lowest BCUT2D eigenvalue weighted by Crippen LogP contribution is -2.12. The molecule has 4 heteroatoms. The smallest absolute Gasteiger partial charge is 0.169 e. The number of carbonyl (C=O) groups is 1. The van der Waals surface area contributed by atoms with E-state index in [0.717, 1.165) is 19.1 Å². The van der Waals surface area contributed by atoms with Crippen molar-refractivity contribution in [1.82, 2.24) is 0 Å². The molecule has 1 rings (SSSR count). The van der Waals surface area contributed by atoms with Crippen LogP contribution in [0.25, 0.3) is 0 Å². The third-order valence-electron chi connectivity index (χ3n) is 2.09. The van der Waals surface area contributed by atoms with Crippen molar-refractivity contribution in [3.63, 3.8) is 0 Å². The van der Waals surface area contributed by atoms with Crippen LogP contribution in [0.5, 0.6) is 0 Å². The fourth-order valence-electron chi connectivity index (χ4n) is 1.19. The maximum Gasteiger partial charge on any atom is 0.169 e.